The minimum Gasteiger partial charge on any atom is -0.355 e. The van der Waals surface area contributed by atoms with Gasteiger partial charge in [0.1, 0.15) is 0 Å². The van der Waals surface area contributed by atoms with Gasteiger partial charge < -0.3 is 31.1 Å². The van der Waals surface area contributed by atoms with E-state index in [-0.39, 0.29) is 23.6 Å². The van der Waals surface area contributed by atoms with Crippen molar-refractivity contribution in [3.63, 3.8) is 0 Å². The second kappa shape index (κ2) is 9.07. The van der Waals surface area contributed by atoms with Gasteiger partial charge in [-0.2, -0.15) is 0 Å². The van der Waals surface area contributed by atoms with E-state index < -0.39 is 11.8 Å². The van der Waals surface area contributed by atoms with Crippen LogP contribution in [-0.4, -0.2) is 74.7 Å². The smallest absolute Gasteiger partial charge is 0.249 e. The van der Waals surface area contributed by atoms with E-state index in [4.69, 9.17) is 0 Å². The molecule has 6 heterocycles. The van der Waals surface area contributed by atoms with E-state index in [1.807, 2.05) is 9.80 Å². The Morgan fingerprint density at radius 1 is 0.613 bits per heavy atom. The molecule has 6 aliphatic rings. The maximum absolute atomic E-state index is 12.9. The summed E-state index contributed by atoms with van der Waals surface area (Å²) in [4.78, 5) is 55.3. The zero-order valence-corrected chi connectivity index (χ0v) is 18.1. The molecule has 0 fully saturated rings. The fourth-order valence-corrected chi connectivity index (χ4v) is 4.23. The van der Waals surface area contributed by atoms with Crippen molar-refractivity contribution in [3.05, 3.63) is 47.1 Å². The van der Waals surface area contributed by atoms with Crippen molar-refractivity contribution in [3.8, 4) is 0 Å². The molecule has 10 heteroatoms. The highest BCUT2D eigenvalue weighted by Gasteiger charge is 2.45. The predicted molar refractivity (Wildman–Crippen MR) is 114 cm³/mol. The summed E-state index contributed by atoms with van der Waals surface area (Å²) in [5.41, 5.74) is 1.25. The third kappa shape index (κ3) is 4.05. The van der Waals surface area contributed by atoms with Crippen LogP contribution in [0, 0.1) is 11.8 Å². The molecule has 4 amide bonds. The minimum atomic E-state index is -0.830. The Bertz CT molecular complexity index is 790. The second-order valence-electron chi connectivity index (χ2n) is 7.44. The monoisotopic (exact) mass is 428 g/mol. The first-order valence-corrected chi connectivity index (χ1v) is 10.1. The number of likely N-dealkylation sites (N-methyl/N-ethyl adjacent to an activating group) is 4. The second-order valence-corrected chi connectivity index (χ2v) is 7.44. The first-order chi connectivity index (χ1) is 14.9. The molecule has 166 valence electrons. The fourth-order valence-electron chi connectivity index (χ4n) is 4.23. The van der Waals surface area contributed by atoms with E-state index in [2.05, 4.69) is 21.3 Å². The Kier molecular flexibility index (Phi) is 6.47. The number of carbonyl (C=O) groups is 4. The van der Waals surface area contributed by atoms with Crippen molar-refractivity contribution < 1.29 is 19.2 Å². The molecule has 0 saturated heterocycles. The van der Waals surface area contributed by atoms with Gasteiger partial charge in [-0.15, -0.1) is 0 Å². The number of rotatable bonds is 4. The lowest BCUT2D eigenvalue weighted by Gasteiger charge is -2.38. The van der Waals surface area contributed by atoms with Crippen LogP contribution in [0.1, 0.15) is 6.42 Å². The first-order valence-electron chi connectivity index (χ1n) is 10.1. The molecule has 0 spiro atoms. The first kappa shape index (κ1) is 22.1. The summed E-state index contributed by atoms with van der Waals surface area (Å²) in [6, 6.07) is 0. The van der Waals surface area contributed by atoms with E-state index in [9.17, 15) is 19.2 Å². The summed E-state index contributed by atoms with van der Waals surface area (Å²) in [6.45, 7) is 1.11. The van der Waals surface area contributed by atoms with Gasteiger partial charge in [-0.05, 0) is 6.42 Å². The Morgan fingerprint density at radius 3 is 1.10 bits per heavy atom. The van der Waals surface area contributed by atoms with Gasteiger partial charge in [0.05, 0.1) is 0 Å². The van der Waals surface area contributed by atoms with Gasteiger partial charge >= 0.3 is 0 Å². The van der Waals surface area contributed by atoms with Crippen LogP contribution in [-0.2, 0) is 19.2 Å². The van der Waals surface area contributed by atoms with Gasteiger partial charge in [0, 0.05) is 100 Å². The molecule has 0 aromatic carbocycles. The number of nitrogens with zero attached hydrogens (tertiary/aromatic N) is 2. The molecular formula is C21H28N6O4. The number of hydrogen-bond donors (Lipinski definition) is 4. The number of carbonyl (C=O) groups excluding carboxylic acids is 4. The summed E-state index contributed by atoms with van der Waals surface area (Å²) >= 11 is 0. The topological polar surface area (TPSA) is 123 Å². The molecule has 0 atom stereocenters. The molecule has 31 heavy (non-hydrogen) atoms. The van der Waals surface area contributed by atoms with Crippen molar-refractivity contribution >= 4 is 23.6 Å². The lowest BCUT2D eigenvalue weighted by molar-refractivity contribution is -0.121. The molecule has 0 aliphatic carbocycles. The van der Waals surface area contributed by atoms with Gasteiger partial charge in [0.25, 0.3) is 0 Å². The van der Waals surface area contributed by atoms with Gasteiger partial charge in [0.15, 0.2) is 0 Å². The van der Waals surface area contributed by atoms with Gasteiger partial charge in [-0.1, -0.05) is 0 Å². The van der Waals surface area contributed by atoms with E-state index >= 15 is 0 Å². The highest BCUT2D eigenvalue weighted by molar-refractivity contribution is 6.05. The highest BCUT2D eigenvalue weighted by atomic mass is 16.2. The van der Waals surface area contributed by atoms with E-state index in [1.165, 1.54) is 28.2 Å². The molecule has 4 bridgehead atoms. The molecule has 10 nitrogen and oxygen atoms in total. The van der Waals surface area contributed by atoms with Crippen molar-refractivity contribution in [2.24, 2.45) is 11.8 Å². The third-order valence-corrected chi connectivity index (χ3v) is 5.68. The molecule has 4 N–H and O–H groups in total. The number of nitrogens with one attached hydrogen (secondary N) is 4. The quantitative estimate of drug-likeness (QED) is 0.445. The molecule has 0 aromatic heterocycles. The van der Waals surface area contributed by atoms with Crippen molar-refractivity contribution in [2.45, 2.75) is 6.42 Å². The fraction of sp³-hybridized carbons (Fsp3) is 0.429. The Labute approximate surface area is 181 Å². The maximum Gasteiger partial charge on any atom is 0.249 e. The summed E-state index contributed by atoms with van der Waals surface area (Å²) in [6.07, 6.45) is 7.47. The average Bonchev–Trinajstić information content (AvgIpc) is 2.88. The van der Waals surface area contributed by atoms with Crippen LogP contribution in [0.4, 0.5) is 0 Å². The largest absolute Gasteiger partial charge is 0.355 e. The van der Waals surface area contributed by atoms with Crippen LogP contribution in [0.25, 0.3) is 0 Å². The molecule has 0 aromatic rings. The zero-order chi connectivity index (χ0) is 22.7. The summed E-state index contributed by atoms with van der Waals surface area (Å²) in [5.74, 6) is -3.17. The number of hydrogen-bond acceptors (Lipinski definition) is 6. The molecule has 6 aliphatic heterocycles. The normalized spacial score (nSPS) is 22.3. The van der Waals surface area contributed by atoms with Gasteiger partial charge in [-0.25, -0.2) is 0 Å². The standard InChI is InChI=1S/C21H28N6O4/c1-22-18(28)12-8-26-6-5-7-27-10-14(20(30)24-3)17(15(11-27)21(31)25-4)16(12)13(9-26)19(29)23-2/h8-11,16-17H,5-7H2,1-4H3,(H,22,28)(H,23,29)(H,24,30)(H,25,31). The predicted octanol–water partition coefficient (Wildman–Crippen LogP) is -1.23. The van der Waals surface area contributed by atoms with Crippen LogP contribution in [0.3, 0.4) is 0 Å². The van der Waals surface area contributed by atoms with Gasteiger partial charge in [-0.3, -0.25) is 19.2 Å². The Balaban J connectivity index is 2.32. The molecule has 0 unspecified atom stereocenters. The van der Waals surface area contributed by atoms with E-state index in [0.717, 1.165) is 0 Å². The zero-order valence-electron chi connectivity index (χ0n) is 18.1. The van der Waals surface area contributed by atoms with Crippen LogP contribution in [0.2, 0.25) is 0 Å². The molecule has 6 rings (SSSR count). The Hall–Kier alpha value is -3.56. The van der Waals surface area contributed by atoms with Crippen LogP contribution in [0.15, 0.2) is 47.1 Å². The lowest BCUT2D eigenvalue weighted by Crippen LogP contribution is -2.44. The summed E-state index contributed by atoms with van der Waals surface area (Å²) in [7, 11) is 6.03. The van der Waals surface area contributed by atoms with Crippen molar-refractivity contribution in [2.75, 3.05) is 41.3 Å². The van der Waals surface area contributed by atoms with E-state index in [1.54, 1.807) is 24.8 Å². The molecule has 0 saturated carbocycles. The van der Waals surface area contributed by atoms with Crippen molar-refractivity contribution in [1.82, 2.24) is 31.1 Å². The highest BCUT2D eigenvalue weighted by Crippen LogP contribution is 2.43. The van der Waals surface area contributed by atoms with Crippen LogP contribution < -0.4 is 21.3 Å². The van der Waals surface area contributed by atoms with Crippen LogP contribution >= 0.6 is 0 Å². The van der Waals surface area contributed by atoms with Crippen molar-refractivity contribution in [1.29, 1.82) is 0 Å². The molecule has 0 radical (unpaired) electrons. The lowest BCUT2D eigenvalue weighted by atomic mass is 9.70. The summed E-state index contributed by atoms with van der Waals surface area (Å²) < 4.78 is 0. The molecular weight excluding hydrogens is 400 g/mol. The number of amides is 4. The third-order valence-electron chi connectivity index (χ3n) is 5.68. The summed E-state index contributed by atoms with van der Waals surface area (Å²) in [5, 5.41) is 10.5. The maximum atomic E-state index is 12.9. The van der Waals surface area contributed by atoms with E-state index in [0.29, 0.717) is 41.8 Å². The van der Waals surface area contributed by atoms with Crippen LogP contribution in [0.5, 0.6) is 0 Å². The minimum absolute atomic E-state index is 0.313. The SMILES string of the molecule is CNC(=O)C1=CN2C=C(C(=O)NC)C1C1C(C(=O)NC)=CN(C=C1C(=O)NC)CCC2. The average molecular weight is 428 g/mol. The van der Waals surface area contributed by atoms with Gasteiger partial charge in [0.2, 0.25) is 23.6 Å². The Morgan fingerprint density at radius 2 is 0.871 bits per heavy atom.